The molecule has 0 bridgehead atoms. The Hall–Kier alpha value is -1.45. The molecular formula is C10H19N5O3S. The molecule has 1 rings (SSSR count). The molecule has 0 atom stereocenters. The van der Waals surface area contributed by atoms with Crippen molar-refractivity contribution >= 4 is 21.7 Å². The summed E-state index contributed by atoms with van der Waals surface area (Å²) in [5.74, 6) is 1.46. The Morgan fingerprint density at radius 3 is 2.74 bits per heavy atom. The maximum atomic E-state index is 10.8. The van der Waals surface area contributed by atoms with Gasteiger partial charge in [0.05, 0.1) is 6.26 Å². The maximum Gasteiger partial charge on any atom is 0.208 e. The lowest BCUT2D eigenvalue weighted by molar-refractivity contribution is 0.178. The second-order valence-electron chi connectivity index (χ2n) is 3.97. The van der Waals surface area contributed by atoms with E-state index in [2.05, 4.69) is 20.0 Å². The topological polar surface area (TPSA) is 119 Å². The predicted molar refractivity (Wildman–Crippen MR) is 73.1 cm³/mol. The number of nitrogens with zero attached hydrogens (tertiary/aromatic N) is 2. The minimum atomic E-state index is -3.13. The molecule has 9 heteroatoms. The van der Waals surface area contributed by atoms with Crippen LogP contribution in [0.4, 0.5) is 11.6 Å². The van der Waals surface area contributed by atoms with E-state index in [1.54, 1.807) is 13.2 Å². The van der Waals surface area contributed by atoms with E-state index in [-0.39, 0.29) is 6.61 Å². The molecule has 1 aromatic heterocycles. The minimum Gasteiger partial charge on any atom is -0.384 e. The average molecular weight is 289 g/mol. The highest BCUT2D eigenvalue weighted by Gasteiger charge is 2.03. The van der Waals surface area contributed by atoms with Crippen molar-refractivity contribution in [1.82, 2.24) is 14.7 Å². The van der Waals surface area contributed by atoms with Gasteiger partial charge in [-0.05, 0) is 6.42 Å². The smallest absolute Gasteiger partial charge is 0.208 e. The van der Waals surface area contributed by atoms with Gasteiger partial charge in [-0.2, -0.15) is 0 Å². The van der Waals surface area contributed by atoms with Crippen molar-refractivity contribution in [3.05, 3.63) is 11.9 Å². The molecule has 0 aliphatic heterocycles. The van der Waals surface area contributed by atoms with Crippen LogP contribution in [0.25, 0.3) is 0 Å². The standard InChI is InChI=1S/C10H19N5O3S/c1-18-7-10-14-8(11)6-9(15-10)12-4-3-5-13-19(2,16)17/h6,13H,3-5,7H2,1-2H3,(H3,11,12,14,15). The molecule has 0 aliphatic carbocycles. The molecule has 0 aromatic carbocycles. The van der Waals surface area contributed by atoms with E-state index in [0.717, 1.165) is 6.26 Å². The highest BCUT2D eigenvalue weighted by atomic mass is 32.2. The summed E-state index contributed by atoms with van der Waals surface area (Å²) in [5.41, 5.74) is 5.64. The highest BCUT2D eigenvalue weighted by molar-refractivity contribution is 7.88. The van der Waals surface area contributed by atoms with Crippen molar-refractivity contribution < 1.29 is 13.2 Å². The van der Waals surface area contributed by atoms with Crippen molar-refractivity contribution in [2.45, 2.75) is 13.0 Å². The third-order valence-electron chi connectivity index (χ3n) is 2.09. The fourth-order valence-electron chi connectivity index (χ4n) is 1.36. The number of anilines is 2. The zero-order chi connectivity index (χ0) is 14.3. The number of nitrogen functional groups attached to an aromatic ring is 1. The Bertz CT molecular complexity index is 506. The van der Waals surface area contributed by atoms with Crippen molar-refractivity contribution in [1.29, 1.82) is 0 Å². The lowest BCUT2D eigenvalue weighted by Crippen LogP contribution is -2.24. The molecule has 0 saturated heterocycles. The third-order valence-corrected chi connectivity index (χ3v) is 2.82. The summed E-state index contributed by atoms with van der Waals surface area (Å²) in [6.45, 7) is 1.23. The average Bonchev–Trinajstić information content (AvgIpc) is 2.26. The molecule has 0 unspecified atom stereocenters. The third kappa shape index (κ3) is 6.89. The van der Waals surface area contributed by atoms with E-state index in [9.17, 15) is 8.42 Å². The van der Waals surface area contributed by atoms with Crippen LogP contribution in [0.2, 0.25) is 0 Å². The minimum absolute atomic E-state index is 0.287. The fourth-order valence-corrected chi connectivity index (χ4v) is 1.88. The number of rotatable bonds is 8. The van der Waals surface area contributed by atoms with Gasteiger partial charge >= 0.3 is 0 Å². The van der Waals surface area contributed by atoms with Gasteiger partial charge in [0, 0.05) is 26.3 Å². The molecule has 0 aliphatic rings. The first-order valence-corrected chi connectivity index (χ1v) is 7.61. The van der Waals surface area contributed by atoms with Crippen molar-refractivity contribution in [3.8, 4) is 0 Å². The molecule has 1 heterocycles. The summed E-state index contributed by atoms with van der Waals surface area (Å²) in [7, 11) is -1.58. The first kappa shape index (κ1) is 15.6. The van der Waals surface area contributed by atoms with Crippen LogP contribution in [0.3, 0.4) is 0 Å². The van der Waals surface area contributed by atoms with Crippen LogP contribution in [0.5, 0.6) is 0 Å². The summed E-state index contributed by atoms with van der Waals surface area (Å²) >= 11 is 0. The lowest BCUT2D eigenvalue weighted by atomic mass is 10.4. The van der Waals surface area contributed by atoms with Crippen LogP contribution in [-0.4, -0.2) is 44.8 Å². The van der Waals surface area contributed by atoms with Gasteiger partial charge in [0.15, 0.2) is 5.82 Å². The van der Waals surface area contributed by atoms with Gasteiger partial charge in [-0.3, -0.25) is 0 Å². The van der Waals surface area contributed by atoms with Crippen LogP contribution in [-0.2, 0) is 21.4 Å². The van der Waals surface area contributed by atoms with Crippen molar-refractivity contribution in [2.75, 3.05) is 37.5 Å². The van der Waals surface area contributed by atoms with E-state index in [4.69, 9.17) is 10.5 Å². The van der Waals surface area contributed by atoms with Gasteiger partial charge in [0.25, 0.3) is 0 Å². The summed E-state index contributed by atoms with van der Waals surface area (Å²) in [6.07, 6.45) is 1.76. The molecule has 4 N–H and O–H groups in total. The summed E-state index contributed by atoms with van der Waals surface area (Å²) in [6, 6.07) is 1.61. The summed E-state index contributed by atoms with van der Waals surface area (Å²) in [4.78, 5) is 8.21. The van der Waals surface area contributed by atoms with E-state index in [1.165, 1.54) is 0 Å². The summed E-state index contributed by atoms with van der Waals surface area (Å²) in [5, 5.41) is 3.05. The molecule has 1 aromatic rings. The molecule has 0 radical (unpaired) electrons. The number of ether oxygens (including phenoxy) is 1. The maximum absolute atomic E-state index is 10.8. The van der Waals surface area contributed by atoms with Gasteiger partial charge in [-0.25, -0.2) is 23.1 Å². The second-order valence-corrected chi connectivity index (χ2v) is 5.81. The van der Waals surface area contributed by atoms with Gasteiger partial charge in [-0.1, -0.05) is 0 Å². The van der Waals surface area contributed by atoms with Gasteiger partial charge < -0.3 is 15.8 Å². The Labute approximate surface area is 112 Å². The normalized spacial score (nSPS) is 11.5. The Kier molecular flexibility index (Phi) is 5.93. The van der Waals surface area contributed by atoms with Gasteiger partial charge in [0.1, 0.15) is 18.2 Å². The zero-order valence-corrected chi connectivity index (χ0v) is 11.8. The highest BCUT2D eigenvalue weighted by Crippen LogP contribution is 2.08. The van der Waals surface area contributed by atoms with Crippen LogP contribution in [0.1, 0.15) is 12.2 Å². The van der Waals surface area contributed by atoms with Crippen LogP contribution in [0, 0.1) is 0 Å². The first-order valence-electron chi connectivity index (χ1n) is 5.71. The molecule has 0 spiro atoms. The molecule has 8 nitrogen and oxygen atoms in total. The van der Waals surface area contributed by atoms with Crippen molar-refractivity contribution in [2.24, 2.45) is 0 Å². The number of hydrogen-bond acceptors (Lipinski definition) is 7. The molecule has 0 amide bonds. The number of nitrogens with two attached hydrogens (primary N) is 1. The molecule has 0 fully saturated rings. The van der Waals surface area contributed by atoms with E-state index in [0.29, 0.717) is 37.0 Å². The number of sulfonamides is 1. The quantitative estimate of drug-likeness (QED) is 0.555. The number of methoxy groups -OCH3 is 1. The lowest BCUT2D eigenvalue weighted by Gasteiger charge is -2.08. The molecule has 19 heavy (non-hydrogen) atoms. The van der Waals surface area contributed by atoms with E-state index in [1.807, 2.05) is 0 Å². The SMILES string of the molecule is COCc1nc(N)cc(NCCCNS(C)(=O)=O)n1. The Morgan fingerprint density at radius 1 is 1.37 bits per heavy atom. The number of hydrogen-bond donors (Lipinski definition) is 3. The van der Waals surface area contributed by atoms with E-state index < -0.39 is 10.0 Å². The number of nitrogens with one attached hydrogen (secondary N) is 2. The monoisotopic (exact) mass is 289 g/mol. The fraction of sp³-hybridized carbons (Fsp3) is 0.600. The van der Waals surface area contributed by atoms with Crippen LogP contribution >= 0.6 is 0 Å². The predicted octanol–water partition coefficient (Wildman–Crippen LogP) is -0.444. The Balaban J connectivity index is 2.40. The van der Waals surface area contributed by atoms with Crippen LogP contribution in [0.15, 0.2) is 6.07 Å². The largest absolute Gasteiger partial charge is 0.384 e. The van der Waals surface area contributed by atoms with Gasteiger partial charge in [0.2, 0.25) is 10.0 Å². The second kappa shape index (κ2) is 7.22. The molecule has 0 saturated carbocycles. The molecule has 108 valence electrons. The molecular weight excluding hydrogens is 270 g/mol. The van der Waals surface area contributed by atoms with Gasteiger partial charge in [-0.15, -0.1) is 0 Å². The number of aromatic nitrogens is 2. The zero-order valence-electron chi connectivity index (χ0n) is 11.0. The Morgan fingerprint density at radius 2 is 2.11 bits per heavy atom. The van der Waals surface area contributed by atoms with Crippen LogP contribution < -0.4 is 15.8 Å². The van der Waals surface area contributed by atoms with Crippen molar-refractivity contribution in [3.63, 3.8) is 0 Å². The first-order chi connectivity index (χ1) is 8.90. The summed E-state index contributed by atoms with van der Waals surface area (Å²) < 4.78 is 29.0. The van der Waals surface area contributed by atoms with E-state index >= 15 is 0 Å².